The Morgan fingerprint density at radius 3 is 2.75 bits per heavy atom. The number of ether oxygens (including phenoxy) is 2. The summed E-state index contributed by atoms with van der Waals surface area (Å²) in [5.41, 5.74) is 1.02. The number of hydrogen-bond acceptors (Lipinski definition) is 6. The second kappa shape index (κ2) is 5.99. The van der Waals surface area contributed by atoms with Crippen molar-refractivity contribution in [3.05, 3.63) is 54.6 Å². The Bertz CT molecular complexity index is 878. The third-order valence-corrected chi connectivity index (χ3v) is 3.40. The molecule has 1 aliphatic rings. The van der Waals surface area contributed by atoms with Crippen LogP contribution >= 0.6 is 0 Å². The van der Waals surface area contributed by atoms with Gasteiger partial charge in [0.05, 0.1) is 18.1 Å². The zero-order valence-electron chi connectivity index (χ0n) is 12.5. The van der Waals surface area contributed by atoms with Crippen LogP contribution in [0.1, 0.15) is 10.4 Å². The zero-order valence-corrected chi connectivity index (χ0v) is 12.5. The normalized spacial score (nSPS) is 12.7. The molecule has 0 unspecified atom stereocenters. The van der Waals surface area contributed by atoms with Crippen LogP contribution in [0.4, 0.5) is 5.69 Å². The molecule has 8 nitrogen and oxygen atoms in total. The van der Waals surface area contributed by atoms with Crippen molar-refractivity contribution < 1.29 is 14.3 Å². The van der Waals surface area contributed by atoms with Crippen LogP contribution in [0.5, 0.6) is 11.5 Å². The highest BCUT2D eigenvalue weighted by Crippen LogP contribution is 2.30. The minimum Gasteiger partial charge on any atom is -0.486 e. The third-order valence-electron chi connectivity index (χ3n) is 3.40. The van der Waals surface area contributed by atoms with Crippen molar-refractivity contribution in [2.45, 2.75) is 0 Å². The lowest BCUT2D eigenvalue weighted by molar-refractivity contribution is 0.102. The van der Waals surface area contributed by atoms with E-state index in [9.17, 15) is 4.79 Å². The number of nitrogens with zero attached hydrogens (tertiary/aromatic N) is 4. The van der Waals surface area contributed by atoms with Crippen molar-refractivity contribution in [1.29, 1.82) is 0 Å². The van der Waals surface area contributed by atoms with Crippen LogP contribution in [0, 0.1) is 0 Å². The molecular weight excluding hydrogens is 310 g/mol. The summed E-state index contributed by atoms with van der Waals surface area (Å²) >= 11 is 0. The van der Waals surface area contributed by atoms with Gasteiger partial charge in [0, 0.05) is 18.0 Å². The summed E-state index contributed by atoms with van der Waals surface area (Å²) in [6.45, 7) is 0.987. The van der Waals surface area contributed by atoms with Gasteiger partial charge in [-0.15, -0.1) is 0 Å². The maximum absolute atomic E-state index is 12.4. The van der Waals surface area contributed by atoms with Crippen molar-refractivity contribution in [2.24, 2.45) is 0 Å². The lowest BCUT2D eigenvalue weighted by Gasteiger charge is -2.18. The molecule has 0 saturated heterocycles. The van der Waals surface area contributed by atoms with Crippen molar-refractivity contribution >= 4 is 11.6 Å². The van der Waals surface area contributed by atoms with Crippen LogP contribution in [-0.2, 0) is 0 Å². The van der Waals surface area contributed by atoms with Crippen LogP contribution in [-0.4, -0.2) is 38.9 Å². The standard InChI is InChI=1S/C16H13N5O3/c22-15(11-2-3-13-14(8-11)24-7-6-23-13)20-12-9-19-21(10-12)16-17-4-1-5-18-16/h1-5,8-10H,6-7H2,(H,20,22). The Kier molecular flexibility index (Phi) is 3.54. The first-order valence-electron chi connectivity index (χ1n) is 7.33. The Labute approximate surface area is 137 Å². The van der Waals surface area contributed by atoms with Gasteiger partial charge >= 0.3 is 0 Å². The molecule has 0 atom stereocenters. The number of fused-ring (bicyclic) bond motifs is 1. The number of aromatic nitrogens is 4. The molecule has 1 amide bonds. The van der Waals surface area contributed by atoms with E-state index in [0.717, 1.165) is 0 Å². The smallest absolute Gasteiger partial charge is 0.255 e. The summed E-state index contributed by atoms with van der Waals surface area (Å²) in [4.78, 5) is 20.6. The van der Waals surface area contributed by atoms with Crippen LogP contribution in [0.2, 0.25) is 0 Å². The van der Waals surface area contributed by atoms with Crippen molar-refractivity contribution in [2.75, 3.05) is 18.5 Å². The second-order valence-electron chi connectivity index (χ2n) is 5.03. The Balaban J connectivity index is 1.51. The molecule has 4 rings (SSSR count). The summed E-state index contributed by atoms with van der Waals surface area (Å²) in [5.74, 6) is 1.38. The first-order chi connectivity index (χ1) is 11.8. The van der Waals surface area contributed by atoms with Gasteiger partial charge in [0.1, 0.15) is 13.2 Å². The number of carbonyl (C=O) groups excluding carboxylic acids is 1. The maximum Gasteiger partial charge on any atom is 0.255 e. The predicted octanol–water partition coefficient (Wildman–Crippen LogP) is 1.69. The summed E-state index contributed by atoms with van der Waals surface area (Å²) in [5, 5.41) is 6.92. The van der Waals surface area contributed by atoms with Gasteiger partial charge in [0.2, 0.25) is 5.95 Å². The molecule has 0 radical (unpaired) electrons. The van der Waals surface area contributed by atoms with E-state index in [-0.39, 0.29) is 5.91 Å². The molecule has 0 saturated carbocycles. The van der Waals surface area contributed by atoms with Gasteiger partial charge in [-0.1, -0.05) is 0 Å². The van der Waals surface area contributed by atoms with E-state index < -0.39 is 0 Å². The number of carbonyl (C=O) groups is 1. The Morgan fingerprint density at radius 2 is 1.92 bits per heavy atom. The molecule has 24 heavy (non-hydrogen) atoms. The topological polar surface area (TPSA) is 91.2 Å². The van der Waals surface area contributed by atoms with Crippen molar-refractivity contribution in [3.63, 3.8) is 0 Å². The zero-order chi connectivity index (χ0) is 16.4. The average molecular weight is 323 g/mol. The van der Waals surface area contributed by atoms with E-state index in [4.69, 9.17) is 9.47 Å². The molecule has 3 heterocycles. The summed E-state index contributed by atoms with van der Waals surface area (Å²) < 4.78 is 12.4. The molecule has 1 aromatic carbocycles. The van der Waals surface area contributed by atoms with Crippen LogP contribution in [0.3, 0.4) is 0 Å². The van der Waals surface area contributed by atoms with Crippen molar-refractivity contribution in [3.8, 4) is 17.4 Å². The van der Waals surface area contributed by atoms with Crippen molar-refractivity contribution in [1.82, 2.24) is 19.7 Å². The number of hydrogen-bond donors (Lipinski definition) is 1. The number of nitrogens with one attached hydrogen (secondary N) is 1. The molecule has 2 aromatic heterocycles. The molecular formula is C16H13N5O3. The highest BCUT2D eigenvalue weighted by atomic mass is 16.6. The first-order valence-corrected chi connectivity index (χ1v) is 7.33. The molecule has 120 valence electrons. The number of rotatable bonds is 3. The predicted molar refractivity (Wildman–Crippen MR) is 84.5 cm³/mol. The molecule has 3 aromatic rings. The van der Waals surface area contributed by atoms with Gasteiger partial charge in [-0.3, -0.25) is 4.79 Å². The monoisotopic (exact) mass is 323 g/mol. The highest BCUT2D eigenvalue weighted by Gasteiger charge is 2.15. The molecule has 0 bridgehead atoms. The third kappa shape index (κ3) is 2.76. The molecule has 1 aliphatic heterocycles. The van der Waals surface area contributed by atoms with Crippen LogP contribution < -0.4 is 14.8 Å². The minimum atomic E-state index is -0.263. The quantitative estimate of drug-likeness (QED) is 0.788. The van der Waals surface area contributed by atoms with Gasteiger partial charge < -0.3 is 14.8 Å². The van der Waals surface area contributed by atoms with Gasteiger partial charge in [0.25, 0.3) is 5.91 Å². The Morgan fingerprint density at radius 1 is 1.12 bits per heavy atom. The lowest BCUT2D eigenvalue weighted by Crippen LogP contribution is -2.17. The fourth-order valence-corrected chi connectivity index (χ4v) is 2.29. The second-order valence-corrected chi connectivity index (χ2v) is 5.03. The van der Waals surface area contributed by atoms with Gasteiger partial charge in [-0.25, -0.2) is 14.6 Å². The molecule has 8 heteroatoms. The van der Waals surface area contributed by atoms with E-state index in [1.165, 1.54) is 10.9 Å². The summed E-state index contributed by atoms with van der Waals surface area (Å²) in [6.07, 6.45) is 6.42. The largest absolute Gasteiger partial charge is 0.486 e. The molecule has 0 fully saturated rings. The van der Waals surface area contributed by atoms with Crippen LogP contribution in [0.15, 0.2) is 49.1 Å². The van der Waals surface area contributed by atoms with E-state index in [0.29, 0.717) is 41.9 Å². The number of anilines is 1. The lowest BCUT2D eigenvalue weighted by atomic mass is 10.2. The maximum atomic E-state index is 12.4. The Hall–Kier alpha value is -3.42. The van der Waals surface area contributed by atoms with E-state index in [1.807, 2.05) is 0 Å². The minimum absolute atomic E-state index is 0.263. The van der Waals surface area contributed by atoms with Gasteiger partial charge in [-0.05, 0) is 24.3 Å². The summed E-state index contributed by atoms with van der Waals surface area (Å²) in [6, 6.07) is 6.80. The number of benzene rings is 1. The summed E-state index contributed by atoms with van der Waals surface area (Å²) in [7, 11) is 0. The highest BCUT2D eigenvalue weighted by molar-refractivity contribution is 6.04. The molecule has 1 N–H and O–H groups in total. The van der Waals surface area contributed by atoms with E-state index in [2.05, 4.69) is 20.4 Å². The average Bonchev–Trinajstić information content (AvgIpc) is 3.10. The van der Waals surface area contributed by atoms with Gasteiger partial charge in [0.15, 0.2) is 11.5 Å². The SMILES string of the molecule is O=C(Nc1cnn(-c2ncccn2)c1)c1ccc2c(c1)OCCO2. The fraction of sp³-hybridized carbons (Fsp3) is 0.125. The van der Waals surface area contributed by atoms with E-state index >= 15 is 0 Å². The molecule has 0 spiro atoms. The number of amides is 1. The van der Waals surface area contributed by atoms with Gasteiger partial charge in [-0.2, -0.15) is 5.10 Å². The molecule has 0 aliphatic carbocycles. The fourth-order valence-electron chi connectivity index (χ4n) is 2.29. The van der Waals surface area contributed by atoms with E-state index in [1.54, 1.807) is 42.9 Å². The first kappa shape index (κ1) is 14.2. The van der Waals surface area contributed by atoms with Crippen LogP contribution in [0.25, 0.3) is 5.95 Å².